The number of hydrogen-bond acceptors (Lipinski definition) is 3. The number of amides is 1. The van der Waals surface area contributed by atoms with Crippen molar-refractivity contribution in [2.24, 2.45) is 23.2 Å². The Labute approximate surface area is 161 Å². The molecule has 5 unspecified atom stereocenters. The quantitative estimate of drug-likeness (QED) is 0.877. The summed E-state index contributed by atoms with van der Waals surface area (Å²) >= 11 is 0. The number of rotatable bonds is 3. The first-order valence-electron chi connectivity index (χ1n) is 10.7. The summed E-state index contributed by atoms with van der Waals surface area (Å²) in [5.74, 6) is 1.99. The Balaban J connectivity index is 1.21. The van der Waals surface area contributed by atoms with Crippen LogP contribution in [0.15, 0.2) is 30.3 Å². The van der Waals surface area contributed by atoms with Crippen LogP contribution in [0.2, 0.25) is 0 Å². The van der Waals surface area contributed by atoms with E-state index >= 15 is 0 Å². The molecule has 3 saturated carbocycles. The molecule has 1 saturated heterocycles. The van der Waals surface area contributed by atoms with E-state index in [2.05, 4.69) is 19.1 Å². The van der Waals surface area contributed by atoms with Gasteiger partial charge in [0.2, 0.25) is 0 Å². The Bertz CT molecular complexity index is 712. The molecule has 1 N–H and O–H groups in total. The van der Waals surface area contributed by atoms with Crippen molar-refractivity contribution in [3.63, 3.8) is 0 Å². The third-order valence-corrected chi connectivity index (χ3v) is 8.27. The Morgan fingerprint density at radius 2 is 1.93 bits per heavy atom. The van der Waals surface area contributed by atoms with Crippen molar-refractivity contribution in [2.45, 2.75) is 57.0 Å². The molecule has 4 aliphatic rings. The van der Waals surface area contributed by atoms with Crippen LogP contribution in [0.1, 0.15) is 51.0 Å². The first-order valence-corrected chi connectivity index (χ1v) is 10.7. The third kappa shape index (κ3) is 2.79. The SMILES string of the molecule is CC1CC23CC(CC2C3)C1OC(=O)N1CCC(CO)(c2ccccc2)CC1. The van der Waals surface area contributed by atoms with Gasteiger partial charge in [-0.25, -0.2) is 4.79 Å². The van der Waals surface area contributed by atoms with Gasteiger partial charge in [-0.3, -0.25) is 0 Å². The zero-order valence-electron chi connectivity index (χ0n) is 16.3. The van der Waals surface area contributed by atoms with Crippen LogP contribution in [0.5, 0.6) is 0 Å². The van der Waals surface area contributed by atoms with E-state index in [1.165, 1.54) is 31.2 Å². The Morgan fingerprint density at radius 3 is 2.63 bits per heavy atom. The highest BCUT2D eigenvalue weighted by atomic mass is 16.6. The van der Waals surface area contributed by atoms with E-state index in [0.29, 0.717) is 30.3 Å². The zero-order chi connectivity index (χ0) is 18.6. The summed E-state index contributed by atoms with van der Waals surface area (Å²) in [5.41, 5.74) is 1.58. The van der Waals surface area contributed by atoms with E-state index in [9.17, 15) is 9.90 Å². The summed E-state index contributed by atoms with van der Waals surface area (Å²) in [6, 6.07) is 10.2. The van der Waals surface area contributed by atoms with Crippen molar-refractivity contribution in [3.05, 3.63) is 35.9 Å². The van der Waals surface area contributed by atoms with E-state index in [-0.39, 0.29) is 24.2 Å². The minimum absolute atomic E-state index is 0.106. The monoisotopic (exact) mass is 369 g/mol. The van der Waals surface area contributed by atoms with Gasteiger partial charge in [-0.2, -0.15) is 0 Å². The van der Waals surface area contributed by atoms with Gasteiger partial charge in [0.1, 0.15) is 6.10 Å². The third-order valence-electron chi connectivity index (χ3n) is 8.27. The number of carbonyl (C=O) groups is 1. The molecule has 1 aliphatic heterocycles. The maximum Gasteiger partial charge on any atom is 0.410 e. The van der Waals surface area contributed by atoms with Gasteiger partial charge in [0, 0.05) is 18.5 Å². The van der Waals surface area contributed by atoms with E-state index in [0.717, 1.165) is 18.8 Å². The number of aliphatic hydroxyl groups is 1. The van der Waals surface area contributed by atoms with Crippen molar-refractivity contribution in [3.8, 4) is 0 Å². The molecule has 0 aromatic heterocycles. The summed E-state index contributed by atoms with van der Waals surface area (Å²) in [4.78, 5) is 14.7. The predicted molar refractivity (Wildman–Crippen MR) is 103 cm³/mol. The van der Waals surface area contributed by atoms with Crippen LogP contribution in [0.3, 0.4) is 0 Å². The fourth-order valence-corrected chi connectivity index (χ4v) is 6.64. The molecular formula is C23H31NO3. The highest BCUT2D eigenvalue weighted by molar-refractivity contribution is 5.68. The lowest BCUT2D eigenvalue weighted by Gasteiger charge is -2.42. The van der Waals surface area contributed by atoms with Crippen molar-refractivity contribution < 1.29 is 14.6 Å². The van der Waals surface area contributed by atoms with Crippen LogP contribution >= 0.6 is 0 Å². The maximum absolute atomic E-state index is 12.9. The van der Waals surface area contributed by atoms with Crippen molar-refractivity contribution in [1.82, 2.24) is 4.90 Å². The average Bonchev–Trinajstić information content (AvgIpc) is 3.25. The number of hydrogen-bond donors (Lipinski definition) is 1. The lowest BCUT2D eigenvalue weighted by Crippen LogP contribution is -2.49. The number of piperidine rings is 1. The van der Waals surface area contributed by atoms with Gasteiger partial charge in [0.25, 0.3) is 0 Å². The van der Waals surface area contributed by atoms with Crippen LogP contribution in [0.4, 0.5) is 4.79 Å². The second-order valence-corrected chi connectivity index (χ2v) is 9.78. The molecule has 5 atom stereocenters. The summed E-state index contributed by atoms with van der Waals surface area (Å²) in [7, 11) is 0. The molecule has 1 heterocycles. The van der Waals surface area contributed by atoms with Crippen molar-refractivity contribution in [1.29, 1.82) is 0 Å². The predicted octanol–water partition coefficient (Wildman–Crippen LogP) is 3.97. The van der Waals surface area contributed by atoms with E-state index in [4.69, 9.17) is 4.74 Å². The Morgan fingerprint density at radius 1 is 1.19 bits per heavy atom. The molecule has 4 nitrogen and oxygen atoms in total. The highest BCUT2D eigenvalue weighted by Gasteiger charge is 2.65. The molecule has 1 amide bonds. The summed E-state index contributed by atoms with van der Waals surface area (Å²) in [6.07, 6.45) is 6.76. The van der Waals surface area contributed by atoms with Gasteiger partial charge < -0.3 is 14.7 Å². The van der Waals surface area contributed by atoms with Gasteiger partial charge in [0.05, 0.1) is 6.61 Å². The number of nitrogens with zero attached hydrogens (tertiary/aromatic N) is 1. The van der Waals surface area contributed by atoms with E-state index in [1.807, 2.05) is 23.1 Å². The molecular weight excluding hydrogens is 338 g/mol. The Hall–Kier alpha value is -1.55. The molecule has 4 fully saturated rings. The van der Waals surface area contributed by atoms with Crippen LogP contribution in [0.25, 0.3) is 0 Å². The number of aliphatic hydroxyl groups excluding tert-OH is 1. The van der Waals surface area contributed by atoms with Gasteiger partial charge in [-0.15, -0.1) is 0 Å². The number of ether oxygens (including phenoxy) is 1. The van der Waals surface area contributed by atoms with Crippen LogP contribution in [-0.2, 0) is 10.2 Å². The lowest BCUT2D eigenvalue weighted by atomic mass is 9.73. The number of likely N-dealkylation sites (tertiary alicyclic amines) is 1. The summed E-state index contributed by atoms with van der Waals surface area (Å²) < 4.78 is 6.07. The fraction of sp³-hybridized carbons (Fsp3) is 0.696. The molecule has 4 heteroatoms. The first kappa shape index (κ1) is 17.5. The van der Waals surface area contributed by atoms with Crippen LogP contribution < -0.4 is 0 Å². The number of carbonyl (C=O) groups excluding carboxylic acids is 1. The van der Waals surface area contributed by atoms with E-state index < -0.39 is 0 Å². The second-order valence-electron chi connectivity index (χ2n) is 9.78. The number of benzene rings is 1. The molecule has 1 aromatic rings. The minimum Gasteiger partial charge on any atom is -0.446 e. The minimum atomic E-state index is -0.227. The fourth-order valence-electron chi connectivity index (χ4n) is 6.64. The molecule has 2 bridgehead atoms. The maximum atomic E-state index is 12.9. The second kappa shape index (κ2) is 6.23. The molecule has 3 aliphatic carbocycles. The molecule has 5 rings (SSSR count). The standard InChI is InChI=1S/C23H31NO3/c1-16-12-23-13-17(11-19(23)14-23)20(16)27-21(26)24-9-7-22(15-25,8-10-24)18-5-3-2-4-6-18/h2-6,16-17,19-20,25H,7-15H2,1H3. The van der Waals surface area contributed by atoms with E-state index in [1.54, 1.807) is 0 Å². The van der Waals surface area contributed by atoms with Gasteiger partial charge >= 0.3 is 6.09 Å². The van der Waals surface area contributed by atoms with Gasteiger partial charge in [-0.05, 0) is 67.3 Å². The molecule has 0 radical (unpaired) electrons. The summed E-state index contributed by atoms with van der Waals surface area (Å²) in [5, 5.41) is 10.1. The average molecular weight is 370 g/mol. The highest BCUT2D eigenvalue weighted by Crippen LogP contribution is 2.72. The van der Waals surface area contributed by atoms with Gasteiger partial charge in [0.15, 0.2) is 0 Å². The first-order chi connectivity index (χ1) is 13.1. The van der Waals surface area contributed by atoms with Crippen LogP contribution in [0, 0.1) is 23.2 Å². The number of fused-ring (bicyclic) bond motifs is 1. The summed E-state index contributed by atoms with van der Waals surface area (Å²) in [6.45, 7) is 3.72. The smallest absolute Gasteiger partial charge is 0.410 e. The zero-order valence-corrected chi connectivity index (χ0v) is 16.3. The topological polar surface area (TPSA) is 49.8 Å². The Kier molecular flexibility index (Phi) is 4.05. The molecule has 146 valence electrons. The molecule has 1 aromatic carbocycles. The largest absolute Gasteiger partial charge is 0.446 e. The molecule has 1 spiro atoms. The lowest BCUT2D eigenvalue weighted by molar-refractivity contribution is -0.0252. The van der Waals surface area contributed by atoms with Crippen molar-refractivity contribution >= 4 is 6.09 Å². The normalized spacial score (nSPS) is 39.0. The van der Waals surface area contributed by atoms with Gasteiger partial charge in [-0.1, -0.05) is 37.3 Å². The van der Waals surface area contributed by atoms with Crippen molar-refractivity contribution in [2.75, 3.05) is 19.7 Å². The van der Waals surface area contributed by atoms with Crippen LogP contribution in [-0.4, -0.2) is 41.9 Å². The molecule has 27 heavy (non-hydrogen) atoms.